The minimum Gasteiger partial charge on any atom is -0.490 e. The molecule has 1 spiro atoms. The molecular formula is C29H40F3N5O5S. The van der Waals surface area contributed by atoms with E-state index in [0.29, 0.717) is 43.9 Å². The summed E-state index contributed by atoms with van der Waals surface area (Å²) in [4.78, 5) is 28.3. The molecule has 14 heteroatoms. The number of ether oxygens (including phenoxy) is 1. The number of alkyl halides is 3. The number of sulfone groups is 1. The molecule has 1 aromatic heterocycles. The van der Waals surface area contributed by atoms with Gasteiger partial charge in [-0.05, 0) is 57.2 Å². The molecule has 1 N–H and O–H groups in total. The molecule has 0 aliphatic carbocycles. The Morgan fingerprint density at radius 3 is 2.37 bits per heavy atom. The molecule has 2 aromatic rings. The van der Waals surface area contributed by atoms with Crippen LogP contribution < -0.4 is 10.1 Å². The lowest BCUT2D eigenvalue weighted by molar-refractivity contribution is -0.137. The van der Waals surface area contributed by atoms with Crippen molar-refractivity contribution in [2.75, 3.05) is 36.5 Å². The Balaban J connectivity index is 0.00000207. The SMILES string of the molecule is CC.CC(=O)Nc1ccn(C(=O)N2CCC3(CCCN3Cc3ccc(C(F)(F)F)cc3OC3CCS(=O)(=O)CC3)CC2)n1. The van der Waals surface area contributed by atoms with E-state index in [1.54, 1.807) is 11.0 Å². The van der Waals surface area contributed by atoms with Gasteiger partial charge in [0.2, 0.25) is 5.91 Å². The van der Waals surface area contributed by atoms with Gasteiger partial charge < -0.3 is 15.0 Å². The lowest BCUT2D eigenvalue weighted by Gasteiger charge is -2.45. The van der Waals surface area contributed by atoms with Crippen molar-refractivity contribution in [1.29, 1.82) is 0 Å². The van der Waals surface area contributed by atoms with Crippen molar-refractivity contribution in [2.24, 2.45) is 0 Å². The highest BCUT2D eigenvalue weighted by atomic mass is 32.2. The van der Waals surface area contributed by atoms with Crippen LogP contribution in [-0.2, 0) is 27.4 Å². The summed E-state index contributed by atoms with van der Waals surface area (Å²) in [7, 11) is -3.14. The Kier molecular flexibility index (Phi) is 10.1. The number of rotatable bonds is 5. The summed E-state index contributed by atoms with van der Waals surface area (Å²) in [5, 5.41) is 6.68. The summed E-state index contributed by atoms with van der Waals surface area (Å²) in [6.45, 7) is 7.52. The van der Waals surface area contributed by atoms with E-state index >= 15 is 0 Å². The predicted octanol–water partition coefficient (Wildman–Crippen LogP) is 4.94. The van der Waals surface area contributed by atoms with Crippen molar-refractivity contribution in [3.63, 3.8) is 0 Å². The van der Waals surface area contributed by atoms with Crippen molar-refractivity contribution in [3.05, 3.63) is 41.6 Å². The zero-order valence-electron chi connectivity index (χ0n) is 24.8. The first-order valence-electron chi connectivity index (χ1n) is 14.8. The van der Waals surface area contributed by atoms with Crippen LogP contribution in [0.25, 0.3) is 0 Å². The van der Waals surface area contributed by atoms with Crippen LogP contribution in [-0.4, -0.2) is 82.7 Å². The summed E-state index contributed by atoms with van der Waals surface area (Å²) in [6.07, 6.45) is 0.273. The molecule has 3 fully saturated rings. The number of nitrogens with zero attached hydrogens (tertiary/aromatic N) is 4. The first-order valence-corrected chi connectivity index (χ1v) is 16.6. The average Bonchev–Trinajstić information content (AvgIpc) is 3.58. The molecule has 5 rings (SSSR count). The molecular weight excluding hydrogens is 587 g/mol. The molecule has 0 unspecified atom stereocenters. The Morgan fingerprint density at radius 1 is 1.07 bits per heavy atom. The van der Waals surface area contributed by atoms with E-state index in [-0.39, 0.29) is 47.6 Å². The smallest absolute Gasteiger partial charge is 0.416 e. The standard InChI is InChI=1S/C27H34F3N5O5S.C2H6/c1-19(36)31-24-5-12-35(32-24)25(37)33-13-9-26(10-14-33)8-2-11-34(26)18-20-3-4-21(27(28,29)30)17-23(20)40-22-6-15-41(38,39)16-7-22;1-2/h3-5,12,17,22H,2,6-11,13-16,18H2,1H3,(H,31,32,36);1-2H3. The van der Waals surface area contributed by atoms with Gasteiger partial charge in [-0.25, -0.2) is 13.2 Å². The minimum atomic E-state index is -4.53. The van der Waals surface area contributed by atoms with Gasteiger partial charge in [-0.3, -0.25) is 9.69 Å². The molecule has 2 amide bonds. The Hall–Kier alpha value is -3.13. The van der Waals surface area contributed by atoms with Gasteiger partial charge in [0, 0.05) is 49.9 Å². The van der Waals surface area contributed by atoms with Crippen LogP contribution in [0.4, 0.5) is 23.8 Å². The van der Waals surface area contributed by atoms with Crippen LogP contribution >= 0.6 is 0 Å². The second-order valence-electron chi connectivity index (χ2n) is 11.1. The lowest BCUT2D eigenvalue weighted by Crippen LogP contribution is -2.53. The van der Waals surface area contributed by atoms with Crippen LogP contribution in [0.5, 0.6) is 5.75 Å². The predicted molar refractivity (Wildman–Crippen MR) is 156 cm³/mol. The number of halogens is 3. The van der Waals surface area contributed by atoms with Crippen LogP contribution in [0.2, 0.25) is 0 Å². The number of carbonyl (C=O) groups is 2. The molecule has 10 nitrogen and oxygen atoms in total. The van der Waals surface area contributed by atoms with E-state index in [2.05, 4.69) is 15.3 Å². The number of anilines is 1. The van der Waals surface area contributed by atoms with E-state index in [0.717, 1.165) is 31.5 Å². The minimum absolute atomic E-state index is 0.0382. The van der Waals surface area contributed by atoms with Gasteiger partial charge in [0.25, 0.3) is 0 Å². The highest BCUT2D eigenvalue weighted by Gasteiger charge is 2.44. The molecule has 3 aliphatic rings. The first-order chi connectivity index (χ1) is 20.3. The molecule has 238 valence electrons. The fourth-order valence-electron chi connectivity index (χ4n) is 6.09. The van der Waals surface area contributed by atoms with E-state index in [1.807, 2.05) is 13.8 Å². The largest absolute Gasteiger partial charge is 0.490 e. The summed E-state index contributed by atoms with van der Waals surface area (Å²) in [6, 6.07) is 4.83. The maximum atomic E-state index is 13.5. The number of hydrogen-bond acceptors (Lipinski definition) is 7. The molecule has 4 heterocycles. The number of hydrogen-bond donors (Lipinski definition) is 1. The number of benzene rings is 1. The Morgan fingerprint density at radius 2 is 1.74 bits per heavy atom. The van der Waals surface area contributed by atoms with E-state index in [9.17, 15) is 31.2 Å². The molecule has 1 aromatic carbocycles. The normalized spacial score (nSPS) is 20.4. The van der Waals surface area contributed by atoms with E-state index in [1.165, 1.54) is 23.9 Å². The molecule has 3 saturated heterocycles. The monoisotopic (exact) mass is 627 g/mol. The maximum absolute atomic E-state index is 13.5. The van der Waals surface area contributed by atoms with Crippen LogP contribution in [0.15, 0.2) is 30.5 Å². The number of nitrogens with one attached hydrogen (secondary N) is 1. The highest BCUT2D eigenvalue weighted by molar-refractivity contribution is 7.91. The fraction of sp³-hybridized carbons (Fsp3) is 0.621. The zero-order valence-corrected chi connectivity index (χ0v) is 25.6. The summed E-state index contributed by atoms with van der Waals surface area (Å²) >= 11 is 0. The first kappa shape index (κ1) is 32.8. The third kappa shape index (κ3) is 7.88. The summed E-state index contributed by atoms with van der Waals surface area (Å²) < 4.78 is 71.6. The highest BCUT2D eigenvalue weighted by Crippen LogP contribution is 2.41. The van der Waals surface area contributed by atoms with E-state index in [4.69, 9.17) is 4.74 Å². The zero-order chi connectivity index (χ0) is 31.4. The fourth-order valence-corrected chi connectivity index (χ4v) is 7.53. The molecule has 3 aliphatic heterocycles. The van der Waals surface area contributed by atoms with Crippen LogP contribution in [0.1, 0.15) is 70.4 Å². The molecule has 0 radical (unpaired) electrons. The van der Waals surface area contributed by atoms with Crippen molar-refractivity contribution in [1.82, 2.24) is 19.6 Å². The molecule has 43 heavy (non-hydrogen) atoms. The topological polar surface area (TPSA) is 114 Å². The van der Waals surface area contributed by atoms with E-state index < -0.39 is 27.7 Å². The second kappa shape index (κ2) is 13.2. The number of piperidine rings is 1. The van der Waals surface area contributed by atoms with Gasteiger partial charge in [0.1, 0.15) is 11.9 Å². The van der Waals surface area contributed by atoms with Crippen LogP contribution in [0.3, 0.4) is 0 Å². The van der Waals surface area contributed by atoms with Gasteiger partial charge in [0.05, 0.1) is 17.1 Å². The van der Waals surface area contributed by atoms with Gasteiger partial charge in [-0.1, -0.05) is 19.9 Å². The van der Waals surface area contributed by atoms with Gasteiger partial charge >= 0.3 is 12.2 Å². The number of amides is 2. The van der Waals surface area contributed by atoms with Crippen molar-refractivity contribution in [3.8, 4) is 5.75 Å². The number of aromatic nitrogens is 2. The summed E-state index contributed by atoms with van der Waals surface area (Å²) in [5.41, 5.74) is -0.364. The van der Waals surface area contributed by atoms with Crippen molar-refractivity contribution < 1.29 is 35.9 Å². The second-order valence-corrected chi connectivity index (χ2v) is 13.4. The Labute approximate surface area is 250 Å². The lowest BCUT2D eigenvalue weighted by atomic mass is 9.84. The molecule has 0 saturated carbocycles. The quantitative estimate of drug-likeness (QED) is 0.500. The number of likely N-dealkylation sites (tertiary alicyclic amines) is 2. The third-order valence-corrected chi connectivity index (χ3v) is 10.1. The number of carbonyl (C=O) groups excluding carboxylic acids is 2. The average molecular weight is 628 g/mol. The summed E-state index contributed by atoms with van der Waals surface area (Å²) in [5.74, 6) is 0.0860. The molecule has 0 atom stereocenters. The van der Waals surface area contributed by atoms with Crippen molar-refractivity contribution >= 4 is 27.6 Å². The van der Waals surface area contributed by atoms with Crippen molar-refractivity contribution in [2.45, 2.75) is 83.7 Å². The third-order valence-electron chi connectivity index (χ3n) is 8.35. The van der Waals surface area contributed by atoms with Gasteiger partial charge in [0.15, 0.2) is 15.7 Å². The Bertz CT molecular complexity index is 1390. The maximum Gasteiger partial charge on any atom is 0.416 e. The van der Waals surface area contributed by atoms with Gasteiger partial charge in [-0.15, -0.1) is 5.10 Å². The van der Waals surface area contributed by atoms with Crippen LogP contribution in [0, 0.1) is 0 Å². The van der Waals surface area contributed by atoms with Gasteiger partial charge in [-0.2, -0.15) is 17.9 Å². The molecule has 0 bridgehead atoms.